The van der Waals surface area contributed by atoms with Crippen molar-refractivity contribution in [2.75, 3.05) is 12.4 Å². The van der Waals surface area contributed by atoms with Crippen LogP contribution in [0.15, 0.2) is 87.7 Å². The van der Waals surface area contributed by atoms with Crippen LogP contribution in [0.1, 0.15) is 10.6 Å². The topological polar surface area (TPSA) is 121 Å². The van der Waals surface area contributed by atoms with E-state index in [1.165, 1.54) is 12.1 Å². The number of hydrogen-bond donors (Lipinski definition) is 1. The number of anilines is 1. The summed E-state index contributed by atoms with van der Waals surface area (Å²) in [4.78, 5) is 27.5. The Morgan fingerprint density at radius 2 is 1.68 bits per heavy atom. The molecule has 0 aliphatic rings. The fraction of sp³-hybridized carbons (Fsp3) is 0.0400. The second-order valence-electron chi connectivity index (χ2n) is 7.35. The van der Waals surface area contributed by atoms with E-state index in [9.17, 15) is 14.9 Å². The largest absolute Gasteiger partial charge is 0.497 e. The van der Waals surface area contributed by atoms with Crippen LogP contribution in [0.2, 0.25) is 0 Å². The predicted octanol–water partition coefficient (Wildman–Crippen LogP) is 5.92. The first-order valence-electron chi connectivity index (χ1n) is 10.2. The quantitative estimate of drug-likeness (QED) is 0.249. The van der Waals surface area contributed by atoms with Crippen LogP contribution < -0.4 is 10.1 Å². The lowest BCUT2D eigenvalue weighted by Crippen LogP contribution is -2.10. The molecule has 5 rings (SSSR count). The number of amides is 1. The zero-order chi connectivity index (χ0) is 23.7. The molecule has 168 valence electrons. The second-order valence-corrected chi connectivity index (χ2v) is 7.35. The average Bonchev–Trinajstić information content (AvgIpc) is 3.52. The zero-order valence-electron chi connectivity index (χ0n) is 17.8. The molecule has 0 fully saturated rings. The van der Waals surface area contributed by atoms with E-state index >= 15 is 0 Å². The third-order valence-electron chi connectivity index (χ3n) is 5.17. The van der Waals surface area contributed by atoms with Gasteiger partial charge < -0.3 is 18.9 Å². The van der Waals surface area contributed by atoms with E-state index in [2.05, 4.69) is 10.3 Å². The highest BCUT2D eigenvalue weighted by Gasteiger charge is 2.15. The molecular formula is C25H17N3O6. The lowest BCUT2D eigenvalue weighted by molar-refractivity contribution is -0.384. The van der Waals surface area contributed by atoms with Gasteiger partial charge in [0.2, 0.25) is 5.89 Å². The SMILES string of the molecule is COc1ccc(-c2nc3cc(NC(=O)c4ccc(-c5ccc([N+](=O)[O-])cc5)o4)ccc3o2)cc1. The molecule has 0 unspecified atom stereocenters. The highest BCUT2D eigenvalue weighted by atomic mass is 16.6. The maximum absolute atomic E-state index is 12.7. The Balaban J connectivity index is 1.32. The molecule has 0 aliphatic heterocycles. The number of rotatable bonds is 6. The van der Waals surface area contributed by atoms with Crippen LogP contribution >= 0.6 is 0 Å². The van der Waals surface area contributed by atoms with Crippen LogP contribution in [-0.4, -0.2) is 22.9 Å². The number of carbonyl (C=O) groups excluding carboxylic acids is 1. The van der Waals surface area contributed by atoms with Crippen molar-refractivity contribution < 1.29 is 23.3 Å². The van der Waals surface area contributed by atoms with Crippen molar-refractivity contribution in [3.8, 4) is 28.5 Å². The van der Waals surface area contributed by atoms with Crippen LogP contribution in [-0.2, 0) is 0 Å². The summed E-state index contributed by atoms with van der Waals surface area (Å²) in [6.07, 6.45) is 0. The van der Waals surface area contributed by atoms with Crippen molar-refractivity contribution in [3.63, 3.8) is 0 Å². The summed E-state index contributed by atoms with van der Waals surface area (Å²) in [7, 11) is 1.60. The molecule has 2 aromatic heterocycles. The van der Waals surface area contributed by atoms with E-state index < -0.39 is 10.8 Å². The van der Waals surface area contributed by atoms with E-state index in [4.69, 9.17) is 13.6 Å². The minimum Gasteiger partial charge on any atom is -0.497 e. The molecule has 0 saturated heterocycles. The first kappa shape index (κ1) is 21.0. The smallest absolute Gasteiger partial charge is 0.291 e. The van der Waals surface area contributed by atoms with Crippen LogP contribution in [0.25, 0.3) is 33.9 Å². The molecule has 0 spiro atoms. The van der Waals surface area contributed by atoms with Crippen molar-refractivity contribution in [1.29, 1.82) is 0 Å². The van der Waals surface area contributed by atoms with E-state index in [0.717, 1.165) is 11.3 Å². The van der Waals surface area contributed by atoms with Gasteiger partial charge in [0, 0.05) is 28.9 Å². The molecule has 0 saturated carbocycles. The molecule has 3 aromatic carbocycles. The van der Waals surface area contributed by atoms with Crippen LogP contribution in [0.5, 0.6) is 5.75 Å². The number of non-ortho nitro benzene ring substituents is 1. The lowest BCUT2D eigenvalue weighted by atomic mass is 10.1. The van der Waals surface area contributed by atoms with Gasteiger partial charge in [-0.2, -0.15) is 0 Å². The fourth-order valence-corrected chi connectivity index (χ4v) is 3.42. The van der Waals surface area contributed by atoms with Crippen molar-refractivity contribution in [2.45, 2.75) is 0 Å². The fourth-order valence-electron chi connectivity index (χ4n) is 3.42. The molecule has 34 heavy (non-hydrogen) atoms. The van der Waals surface area contributed by atoms with Gasteiger partial charge in [-0.15, -0.1) is 0 Å². The maximum atomic E-state index is 12.7. The normalized spacial score (nSPS) is 10.9. The number of nitro benzene ring substituents is 1. The number of nitrogens with zero attached hydrogens (tertiary/aromatic N) is 2. The standard InChI is InChI=1S/C25H17N3O6/c1-32-19-9-4-16(5-10-19)25-27-20-14-17(6-11-22(20)34-25)26-24(29)23-13-12-21(33-23)15-2-7-18(8-3-15)28(30)31/h2-14H,1H3,(H,26,29). The summed E-state index contributed by atoms with van der Waals surface area (Å²) in [6, 6.07) is 21.6. The predicted molar refractivity (Wildman–Crippen MR) is 125 cm³/mol. The first-order chi connectivity index (χ1) is 16.5. The molecule has 0 radical (unpaired) electrons. The molecule has 9 nitrogen and oxygen atoms in total. The maximum Gasteiger partial charge on any atom is 0.291 e. The number of hydrogen-bond acceptors (Lipinski definition) is 7. The van der Waals surface area contributed by atoms with E-state index in [-0.39, 0.29) is 11.4 Å². The Hall–Kier alpha value is -4.92. The number of furan rings is 1. The summed E-state index contributed by atoms with van der Waals surface area (Å²) >= 11 is 0. The molecule has 9 heteroatoms. The minimum absolute atomic E-state index is 0.0216. The Morgan fingerprint density at radius 1 is 0.941 bits per heavy atom. The van der Waals surface area contributed by atoms with Gasteiger partial charge in [-0.25, -0.2) is 4.98 Å². The van der Waals surface area contributed by atoms with Gasteiger partial charge >= 0.3 is 0 Å². The molecule has 2 heterocycles. The van der Waals surface area contributed by atoms with Crippen LogP contribution in [0.4, 0.5) is 11.4 Å². The van der Waals surface area contributed by atoms with Crippen molar-refractivity contribution in [3.05, 3.63) is 94.7 Å². The Bertz CT molecular complexity index is 1500. The Labute approximate surface area is 192 Å². The van der Waals surface area contributed by atoms with E-state index in [0.29, 0.717) is 34.0 Å². The molecule has 0 aliphatic carbocycles. The van der Waals surface area contributed by atoms with Gasteiger partial charge in [0.15, 0.2) is 11.3 Å². The molecule has 1 N–H and O–H groups in total. The number of oxazole rings is 1. The van der Waals surface area contributed by atoms with E-state index in [1.54, 1.807) is 49.6 Å². The average molecular weight is 455 g/mol. The third-order valence-corrected chi connectivity index (χ3v) is 5.17. The summed E-state index contributed by atoms with van der Waals surface area (Å²) in [5, 5.41) is 13.6. The summed E-state index contributed by atoms with van der Waals surface area (Å²) in [6.45, 7) is 0. The summed E-state index contributed by atoms with van der Waals surface area (Å²) in [5.41, 5.74) is 3.11. The van der Waals surface area contributed by atoms with Gasteiger partial charge in [0.25, 0.3) is 11.6 Å². The van der Waals surface area contributed by atoms with E-state index in [1.807, 2.05) is 24.3 Å². The molecular weight excluding hydrogens is 438 g/mol. The van der Waals surface area contributed by atoms with Crippen molar-refractivity contribution in [1.82, 2.24) is 4.98 Å². The van der Waals surface area contributed by atoms with Gasteiger partial charge in [-0.1, -0.05) is 0 Å². The number of benzene rings is 3. The number of methoxy groups -OCH3 is 1. The van der Waals surface area contributed by atoms with Gasteiger partial charge in [-0.05, 0) is 66.7 Å². The number of aromatic nitrogens is 1. The lowest BCUT2D eigenvalue weighted by Gasteiger charge is -2.02. The Kier molecular flexibility index (Phi) is 5.27. The van der Waals surface area contributed by atoms with Gasteiger partial charge in [0.1, 0.15) is 17.0 Å². The van der Waals surface area contributed by atoms with Crippen LogP contribution in [0.3, 0.4) is 0 Å². The van der Waals surface area contributed by atoms with Gasteiger partial charge in [0.05, 0.1) is 12.0 Å². The van der Waals surface area contributed by atoms with Crippen molar-refractivity contribution in [2.24, 2.45) is 0 Å². The first-order valence-corrected chi connectivity index (χ1v) is 10.2. The van der Waals surface area contributed by atoms with Crippen LogP contribution in [0, 0.1) is 10.1 Å². The second kappa shape index (κ2) is 8.55. The monoisotopic (exact) mass is 455 g/mol. The Morgan fingerprint density at radius 3 is 2.38 bits per heavy atom. The molecule has 0 bridgehead atoms. The number of fused-ring (bicyclic) bond motifs is 1. The highest BCUT2D eigenvalue weighted by Crippen LogP contribution is 2.28. The van der Waals surface area contributed by atoms with Gasteiger partial charge in [-0.3, -0.25) is 14.9 Å². The zero-order valence-corrected chi connectivity index (χ0v) is 17.8. The highest BCUT2D eigenvalue weighted by molar-refractivity contribution is 6.03. The summed E-state index contributed by atoms with van der Waals surface area (Å²) < 4.78 is 16.6. The third kappa shape index (κ3) is 4.09. The van der Waals surface area contributed by atoms with Crippen molar-refractivity contribution >= 4 is 28.4 Å². The molecule has 1 amide bonds. The molecule has 0 atom stereocenters. The minimum atomic E-state index is -0.476. The number of ether oxygens (including phenoxy) is 1. The molecule has 5 aromatic rings. The number of carbonyl (C=O) groups is 1. The number of nitrogens with one attached hydrogen (secondary N) is 1. The summed E-state index contributed by atoms with van der Waals surface area (Å²) in [5.74, 6) is 1.29. The number of nitro groups is 1.